The van der Waals surface area contributed by atoms with Crippen molar-refractivity contribution >= 4 is 0 Å². The Morgan fingerprint density at radius 2 is 1.88 bits per heavy atom. The summed E-state index contributed by atoms with van der Waals surface area (Å²) < 4.78 is 0. The first-order chi connectivity index (χ1) is 7.61. The van der Waals surface area contributed by atoms with Gasteiger partial charge in [-0.25, -0.2) is 0 Å². The van der Waals surface area contributed by atoms with Crippen LogP contribution in [0.3, 0.4) is 0 Å². The van der Waals surface area contributed by atoms with Crippen LogP contribution in [-0.4, -0.2) is 18.5 Å². The summed E-state index contributed by atoms with van der Waals surface area (Å²) in [6, 6.07) is 0. The summed E-state index contributed by atoms with van der Waals surface area (Å²) >= 11 is 0. The average molecular weight is 223 g/mol. The van der Waals surface area contributed by atoms with Crippen molar-refractivity contribution in [2.45, 2.75) is 58.8 Å². The minimum absolute atomic E-state index is 0.776. The lowest BCUT2D eigenvalue weighted by Gasteiger charge is -2.31. The van der Waals surface area contributed by atoms with Crippen LogP contribution < -0.4 is 0 Å². The second kappa shape index (κ2) is 6.98. The summed E-state index contributed by atoms with van der Waals surface area (Å²) in [4.78, 5) is 2.40. The van der Waals surface area contributed by atoms with Gasteiger partial charge in [0, 0.05) is 19.3 Å². The summed E-state index contributed by atoms with van der Waals surface area (Å²) in [7, 11) is 2.22. The molecule has 0 aromatic carbocycles. The minimum Gasteiger partial charge on any atom is -0.378 e. The molecule has 16 heavy (non-hydrogen) atoms. The van der Waals surface area contributed by atoms with Crippen molar-refractivity contribution in [3.8, 4) is 0 Å². The molecule has 0 bridgehead atoms. The van der Waals surface area contributed by atoms with Gasteiger partial charge in [0.05, 0.1) is 0 Å². The molecule has 0 aliphatic heterocycles. The van der Waals surface area contributed by atoms with Gasteiger partial charge in [-0.15, -0.1) is 0 Å². The predicted molar refractivity (Wildman–Crippen MR) is 72.4 cm³/mol. The molecule has 1 heteroatoms. The van der Waals surface area contributed by atoms with E-state index < -0.39 is 0 Å². The van der Waals surface area contributed by atoms with E-state index in [1.165, 1.54) is 57.2 Å². The van der Waals surface area contributed by atoms with Crippen molar-refractivity contribution in [2.24, 2.45) is 11.8 Å². The zero-order valence-electron chi connectivity index (χ0n) is 11.5. The normalized spacial score (nSPS) is 17.8. The van der Waals surface area contributed by atoms with Gasteiger partial charge < -0.3 is 4.90 Å². The van der Waals surface area contributed by atoms with Gasteiger partial charge in [-0.3, -0.25) is 0 Å². The first-order valence-electron chi connectivity index (χ1n) is 7.01. The van der Waals surface area contributed by atoms with Crippen LogP contribution in [0.1, 0.15) is 58.8 Å². The molecule has 1 rings (SSSR count). The zero-order chi connectivity index (χ0) is 12.0. The van der Waals surface area contributed by atoms with Gasteiger partial charge >= 0.3 is 0 Å². The summed E-state index contributed by atoms with van der Waals surface area (Å²) in [6.07, 6.45) is 9.62. The molecule has 0 unspecified atom stereocenters. The second-order valence-corrected chi connectivity index (χ2v) is 5.78. The van der Waals surface area contributed by atoms with Gasteiger partial charge in [-0.05, 0) is 37.5 Å². The molecule has 0 aromatic heterocycles. The van der Waals surface area contributed by atoms with Gasteiger partial charge in [-0.2, -0.15) is 0 Å². The van der Waals surface area contributed by atoms with Gasteiger partial charge in [-0.1, -0.05) is 39.7 Å². The Morgan fingerprint density at radius 3 is 2.44 bits per heavy atom. The van der Waals surface area contributed by atoms with E-state index in [0.717, 1.165) is 11.8 Å². The molecule has 0 N–H and O–H groups in total. The third-order valence-corrected chi connectivity index (χ3v) is 3.84. The monoisotopic (exact) mass is 223 g/mol. The molecule has 0 heterocycles. The Kier molecular flexibility index (Phi) is 5.94. The molecule has 0 atom stereocenters. The molecule has 1 nitrogen and oxygen atoms in total. The SMILES string of the molecule is C=C(C1CCCCC1)N(C)CCCC(C)C. The molecule has 1 aliphatic rings. The Hall–Kier alpha value is -0.460. The van der Waals surface area contributed by atoms with Gasteiger partial charge in [0.15, 0.2) is 0 Å². The van der Waals surface area contributed by atoms with Crippen molar-refractivity contribution in [1.82, 2.24) is 4.90 Å². The quantitative estimate of drug-likeness (QED) is 0.643. The second-order valence-electron chi connectivity index (χ2n) is 5.78. The van der Waals surface area contributed by atoms with E-state index in [1.54, 1.807) is 0 Å². The van der Waals surface area contributed by atoms with Crippen LogP contribution in [-0.2, 0) is 0 Å². The highest BCUT2D eigenvalue weighted by atomic mass is 15.1. The highest BCUT2D eigenvalue weighted by molar-refractivity contribution is 5.00. The number of hydrogen-bond donors (Lipinski definition) is 0. The van der Waals surface area contributed by atoms with E-state index in [-0.39, 0.29) is 0 Å². The minimum atomic E-state index is 0.776. The fourth-order valence-electron chi connectivity index (χ4n) is 2.63. The number of rotatable bonds is 6. The summed E-state index contributed by atoms with van der Waals surface area (Å²) in [6.45, 7) is 10.1. The van der Waals surface area contributed by atoms with Crippen molar-refractivity contribution in [3.05, 3.63) is 12.3 Å². The fraction of sp³-hybridized carbons (Fsp3) is 0.867. The smallest absolute Gasteiger partial charge is 0.0171 e. The van der Waals surface area contributed by atoms with Crippen molar-refractivity contribution < 1.29 is 0 Å². The van der Waals surface area contributed by atoms with E-state index in [9.17, 15) is 0 Å². The lowest BCUT2D eigenvalue weighted by atomic mass is 9.87. The first-order valence-corrected chi connectivity index (χ1v) is 7.01. The molecule has 0 aromatic rings. The van der Waals surface area contributed by atoms with Gasteiger partial charge in [0.1, 0.15) is 0 Å². The largest absolute Gasteiger partial charge is 0.378 e. The fourth-order valence-corrected chi connectivity index (χ4v) is 2.63. The highest BCUT2D eigenvalue weighted by Crippen LogP contribution is 2.30. The van der Waals surface area contributed by atoms with Crippen LogP contribution in [0.2, 0.25) is 0 Å². The third-order valence-electron chi connectivity index (χ3n) is 3.84. The van der Waals surface area contributed by atoms with E-state index in [2.05, 4.69) is 32.4 Å². The Balaban J connectivity index is 2.23. The van der Waals surface area contributed by atoms with Crippen LogP contribution in [0.25, 0.3) is 0 Å². The third kappa shape index (κ3) is 4.59. The van der Waals surface area contributed by atoms with Crippen LogP contribution in [0.5, 0.6) is 0 Å². The standard InChI is InChI=1S/C15H29N/c1-13(2)9-8-12-16(4)14(3)15-10-6-5-7-11-15/h13,15H,3,5-12H2,1-2,4H3. The maximum atomic E-state index is 4.30. The van der Waals surface area contributed by atoms with Gasteiger partial charge in [0.25, 0.3) is 0 Å². The average Bonchev–Trinajstić information content (AvgIpc) is 2.28. The lowest BCUT2D eigenvalue weighted by Crippen LogP contribution is -2.25. The van der Waals surface area contributed by atoms with Crippen molar-refractivity contribution in [3.63, 3.8) is 0 Å². The number of hydrogen-bond acceptors (Lipinski definition) is 1. The van der Waals surface area contributed by atoms with E-state index in [1.807, 2.05) is 0 Å². The van der Waals surface area contributed by atoms with Crippen LogP contribution >= 0.6 is 0 Å². The van der Waals surface area contributed by atoms with Crippen molar-refractivity contribution in [1.29, 1.82) is 0 Å². The van der Waals surface area contributed by atoms with E-state index in [4.69, 9.17) is 0 Å². The van der Waals surface area contributed by atoms with Gasteiger partial charge in [0.2, 0.25) is 0 Å². The maximum absolute atomic E-state index is 4.30. The van der Waals surface area contributed by atoms with Crippen LogP contribution in [0, 0.1) is 11.8 Å². The summed E-state index contributed by atoms with van der Waals surface area (Å²) in [5, 5.41) is 0. The number of nitrogens with zero attached hydrogens (tertiary/aromatic N) is 1. The summed E-state index contributed by atoms with van der Waals surface area (Å²) in [5.74, 6) is 1.61. The topological polar surface area (TPSA) is 3.24 Å². The predicted octanol–water partition coefficient (Wildman–Crippen LogP) is 4.45. The molecule has 1 saturated carbocycles. The molecule has 94 valence electrons. The van der Waals surface area contributed by atoms with Crippen molar-refractivity contribution in [2.75, 3.05) is 13.6 Å². The molecular weight excluding hydrogens is 194 g/mol. The maximum Gasteiger partial charge on any atom is 0.0171 e. The number of allylic oxidation sites excluding steroid dienone is 1. The molecule has 0 radical (unpaired) electrons. The van der Waals surface area contributed by atoms with E-state index >= 15 is 0 Å². The Morgan fingerprint density at radius 1 is 1.25 bits per heavy atom. The molecule has 1 fully saturated rings. The summed E-state index contributed by atoms with van der Waals surface area (Å²) in [5.41, 5.74) is 1.39. The molecule has 0 saturated heterocycles. The highest BCUT2D eigenvalue weighted by Gasteiger charge is 2.18. The Labute approximate surface area is 102 Å². The molecule has 0 spiro atoms. The van der Waals surface area contributed by atoms with Crippen LogP contribution in [0.4, 0.5) is 0 Å². The van der Waals surface area contributed by atoms with E-state index in [0.29, 0.717) is 0 Å². The first kappa shape index (κ1) is 13.6. The zero-order valence-corrected chi connectivity index (χ0v) is 11.5. The lowest BCUT2D eigenvalue weighted by molar-refractivity contribution is 0.296. The molecule has 1 aliphatic carbocycles. The molecule has 0 amide bonds. The Bertz CT molecular complexity index is 201. The van der Waals surface area contributed by atoms with Crippen LogP contribution in [0.15, 0.2) is 12.3 Å². The molecular formula is C15H29N.